The van der Waals surface area contributed by atoms with Crippen molar-refractivity contribution in [1.82, 2.24) is 15.1 Å². The van der Waals surface area contributed by atoms with Crippen LogP contribution in [0.3, 0.4) is 0 Å². The average Bonchev–Trinajstić information content (AvgIpc) is 3.16. The molecular weight excluding hydrogens is 368 g/mol. The van der Waals surface area contributed by atoms with Crippen molar-refractivity contribution in [2.75, 3.05) is 44.2 Å². The fraction of sp³-hybridized carbons (Fsp3) is 0.591. The van der Waals surface area contributed by atoms with E-state index < -0.39 is 0 Å². The van der Waals surface area contributed by atoms with Crippen LogP contribution < -0.4 is 10.2 Å². The van der Waals surface area contributed by atoms with Crippen molar-refractivity contribution in [3.8, 4) is 0 Å². The Bertz CT molecular complexity index is 771. The number of nitrogens with one attached hydrogen (secondary N) is 1. The van der Waals surface area contributed by atoms with E-state index in [4.69, 9.17) is 0 Å². The van der Waals surface area contributed by atoms with Crippen LogP contribution in [0.5, 0.6) is 0 Å². The third-order valence-electron chi connectivity index (χ3n) is 5.87. The number of piperazine rings is 1. The van der Waals surface area contributed by atoms with E-state index in [9.17, 15) is 14.4 Å². The highest BCUT2D eigenvalue weighted by molar-refractivity contribution is 5.98. The molecule has 1 unspecified atom stereocenters. The second-order valence-corrected chi connectivity index (χ2v) is 7.94. The molecule has 1 aromatic rings. The summed E-state index contributed by atoms with van der Waals surface area (Å²) in [6.45, 7) is 9.62. The van der Waals surface area contributed by atoms with E-state index in [1.165, 1.54) is 0 Å². The highest BCUT2D eigenvalue weighted by Crippen LogP contribution is 2.29. The number of nitrogens with zero attached hydrogens (tertiary/aromatic N) is 3. The summed E-state index contributed by atoms with van der Waals surface area (Å²) in [5.74, 6) is 0.192. The van der Waals surface area contributed by atoms with Gasteiger partial charge in [-0.25, -0.2) is 0 Å². The molecule has 29 heavy (non-hydrogen) atoms. The lowest BCUT2D eigenvalue weighted by molar-refractivity contribution is -0.123. The van der Waals surface area contributed by atoms with Crippen molar-refractivity contribution in [1.29, 1.82) is 0 Å². The van der Waals surface area contributed by atoms with Gasteiger partial charge in [0, 0.05) is 56.4 Å². The van der Waals surface area contributed by atoms with E-state index in [-0.39, 0.29) is 23.8 Å². The topological polar surface area (TPSA) is 73.0 Å². The first kappa shape index (κ1) is 21.3. The molecule has 3 amide bonds. The van der Waals surface area contributed by atoms with Crippen molar-refractivity contribution < 1.29 is 14.4 Å². The molecule has 3 rings (SSSR count). The summed E-state index contributed by atoms with van der Waals surface area (Å²) in [7, 11) is 0. The third kappa shape index (κ3) is 4.96. The summed E-state index contributed by atoms with van der Waals surface area (Å²) in [5.41, 5.74) is 2.68. The molecule has 2 aliphatic heterocycles. The number of anilines is 1. The largest absolute Gasteiger partial charge is 0.353 e. The Balaban J connectivity index is 1.55. The molecule has 0 bridgehead atoms. The van der Waals surface area contributed by atoms with E-state index >= 15 is 0 Å². The molecule has 158 valence electrons. The van der Waals surface area contributed by atoms with Gasteiger partial charge in [0.15, 0.2) is 0 Å². The van der Waals surface area contributed by atoms with Gasteiger partial charge in [0.25, 0.3) is 5.91 Å². The molecule has 0 radical (unpaired) electrons. The molecule has 0 aromatic heterocycles. The van der Waals surface area contributed by atoms with E-state index in [2.05, 4.69) is 10.2 Å². The van der Waals surface area contributed by atoms with Crippen LogP contribution in [0.1, 0.15) is 49.5 Å². The Kier molecular flexibility index (Phi) is 6.90. The van der Waals surface area contributed by atoms with Gasteiger partial charge in [-0.2, -0.15) is 0 Å². The number of rotatable bonds is 6. The number of carbonyl (C=O) groups is 3. The molecule has 1 atom stereocenters. The zero-order valence-corrected chi connectivity index (χ0v) is 17.7. The number of fused-ring (bicyclic) bond motifs is 1. The standard InChI is InChI=1S/C22H32N4O3/c1-4-16(3)23-20(27)15-24-10-12-25(13-11-24)22(29)18-6-7-19-17(14-18)8-9-26(19)21(28)5-2/h6-7,14,16H,4-5,8-13,15H2,1-3H3,(H,23,27). The van der Waals surface area contributed by atoms with E-state index in [0.717, 1.165) is 24.1 Å². The molecule has 2 aliphatic rings. The van der Waals surface area contributed by atoms with Gasteiger partial charge in [0.1, 0.15) is 0 Å². The van der Waals surface area contributed by atoms with Crippen LogP contribution in [-0.4, -0.2) is 72.8 Å². The van der Waals surface area contributed by atoms with Crippen molar-refractivity contribution in [3.05, 3.63) is 29.3 Å². The maximum absolute atomic E-state index is 12.9. The lowest BCUT2D eigenvalue weighted by atomic mass is 10.1. The fourth-order valence-corrected chi connectivity index (χ4v) is 3.90. The van der Waals surface area contributed by atoms with E-state index in [0.29, 0.717) is 51.3 Å². The Morgan fingerprint density at radius 1 is 1.07 bits per heavy atom. The van der Waals surface area contributed by atoms with E-state index in [1.807, 2.05) is 48.8 Å². The molecule has 1 saturated heterocycles. The number of carbonyl (C=O) groups excluding carboxylic acids is 3. The normalized spacial score (nSPS) is 17.8. The van der Waals surface area contributed by atoms with Crippen LogP contribution in [0.2, 0.25) is 0 Å². The van der Waals surface area contributed by atoms with Gasteiger partial charge in [0.2, 0.25) is 11.8 Å². The molecular formula is C22H32N4O3. The van der Waals surface area contributed by atoms with Crippen molar-refractivity contribution in [3.63, 3.8) is 0 Å². The minimum absolute atomic E-state index is 0.0248. The molecule has 1 fully saturated rings. The van der Waals surface area contributed by atoms with Gasteiger partial charge in [-0.15, -0.1) is 0 Å². The predicted molar refractivity (Wildman–Crippen MR) is 113 cm³/mol. The smallest absolute Gasteiger partial charge is 0.253 e. The maximum Gasteiger partial charge on any atom is 0.253 e. The quantitative estimate of drug-likeness (QED) is 0.788. The SMILES string of the molecule is CCC(=O)N1CCc2cc(C(=O)N3CCN(CC(=O)NC(C)CC)CC3)ccc21. The summed E-state index contributed by atoms with van der Waals surface area (Å²) in [6.07, 6.45) is 2.19. The van der Waals surface area contributed by atoms with Crippen LogP contribution in [0, 0.1) is 0 Å². The average molecular weight is 401 g/mol. The number of benzene rings is 1. The number of amides is 3. The highest BCUT2D eigenvalue weighted by atomic mass is 16.2. The molecule has 0 aliphatic carbocycles. The van der Waals surface area contributed by atoms with Gasteiger partial charge in [0.05, 0.1) is 6.54 Å². The number of hydrogen-bond acceptors (Lipinski definition) is 4. The molecule has 2 heterocycles. The Morgan fingerprint density at radius 3 is 2.45 bits per heavy atom. The van der Waals surface area contributed by atoms with Crippen molar-refractivity contribution >= 4 is 23.4 Å². The van der Waals surface area contributed by atoms with Crippen LogP contribution in [-0.2, 0) is 16.0 Å². The molecule has 7 heteroatoms. The van der Waals surface area contributed by atoms with Crippen LogP contribution >= 0.6 is 0 Å². The minimum Gasteiger partial charge on any atom is -0.353 e. The predicted octanol–water partition coefficient (Wildman–Crippen LogP) is 1.66. The first-order valence-electron chi connectivity index (χ1n) is 10.7. The zero-order valence-electron chi connectivity index (χ0n) is 17.7. The highest BCUT2D eigenvalue weighted by Gasteiger charge is 2.27. The first-order chi connectivity index (χ1) is 13.9. The Hall–Kier alpha value is -2.41. The lowest BCUT2D eigenvalue weighted by Gasteiger charge is -2.34. The van der Waals surface area contributed by atoms with Crippen molar-refractivity contribution in [2.24, 2.45) is 0 Å². The molecule has 7 nitrogen and oxygen atoms in total. The van der Waals surface area contributed by atoms with Crippen molar-refractivity contribution in [2.45, 2.75) is 46.1 Å². The minimum atomic E-state index is 0.0248. The Morgan fingerprint density at radius 2 is 1.79 bits per heavy atom. The second kappa shape index (κ2) is 9.39. The van der Waals surface area contributed by atoms with E-state index in [1.54, 1.807) is 0 Å². The zero-order chi connectivity index (χ0) is 21.0. The van der Waals surface area contributed by atoms with Crippen LogP contribution in [0.15, 0.2) is 18.2 Å². The number of hydrogen-bond donors (Lipinski definition) is 1. The van der Waals surface area contributed by atoms with Gasteiger partial charge >= 0.3 is 0 Å². The fourth-order valence-electron chi connectivity index (χ4n) is 3.90. The summed E-state index contributed by atoms with van der Waals surface area (Å²) in [6, 6.07) is 5.85. The third-order valence-corrected chi connectivity index (χ3v) is 5.87. The lowest BCUT2D eigenvalue weighted by Crippen LogP contribution is -2.51. The van der Waals surface area contributed by atoms with Crippen LogP contribution in [0.4, 0.5) is 5.69 Å². The van der Waals surface area contributed by atoms with Crippen LogP contribution in [0.25, 0.3) is 0 Å². The summed E-state index contributed by atoms with van der Waals surface area (Å²) in [4.78, 5) is 42.8. The molecule has 0 saturated carbocycles. The Labute approximate surface area is 173 Å². The molecule has 0 spiro atoms. The first-order valence-corrected chi connectivity index (χ1v) is 10.7. The van der Waals surface area contributed by atoms with Gasteiger partial charge < -0.3 is 15.1 Å². The van der Waals surface area contributed by atoms with Gasteiger partial charge in [-0.3, -0.25) is 19.3 Å². The van der Waals surface area contributed by atoms with Gasteiger partial charge in [-0.05, 0) is 43.5 Å². The molecule has 1 N–H and O–H groups in total. The maximum atomic E-state index is 12.9. The summed E-state index contributed by atoms with van der Waals surface area (Å²) >= 11 is 0. The summed E-state index contributed by atoms with van der Waals surface area (Å²) < 4.78 is 0. The summed E-state index contributed by atoms with van der Waals surface area (Å²) in [5, 5.41) is 2.99. The monoisotopic (exact) mass is 400 g/mol. The molecule has 1 aromatic carbocycles. The van der Waals surface area contributed by atoms with Gasteiger partial charge in [-0.1, -0.05) is 13.8 Å². The second-order valence-electron chi connectivity index (χ2n) is 7.94.